The number of nitrogens with one attached hydrogen (secondary N) is 3. The van der Waals surface area contributed by atoms with E-state index in [4.69, 9.17) is 4.74 Å². The van der Waals surface area contributed by atoms with Gasteiger partial charge in [0.1, 0.15) is 5.75 Å². The van der Waals surface area contributed by atoms with Gasteiger partial charge in [-0.2, -0.15) is 0 Å². The van der Waals surface area contributed by atoms with Crippen molar-refractivity contribution < 1.29 is 19.1 Å². The van der Waals surface area contributed by atoms with E-state index in [1.54, 1.807) is 60.7 Å². The molecule has 0 atom stereocenters. The van der Waals surface area contributed by atoms with Crippen LogP contribution in [-0.2, 0) is 0 Å². The highest BCUT2D eigenvalue weighted by Crippen LogP contribution is 2.18. The maximum atomic E-state index is 12.6. The quantitative estimate of drug-likeness (QED) is 0.313. The minimum absolute atomic E-state index is 0.224. The molecule has 3 amide bonds. The zero-order valence-electron chi connectivity index (χ0n) is 19.4. The van der Waals surface area contributed by atoms with Crippen molar-refractivity contribution in [3.05, 3.63) is 95.1 Å². The monoisotopic (exact) mass is 459 g/mol. The van der Waals surface area contributed by atoms with Gasteiger partial charge in [-0.05, 0) is 61.4 Å². The minimum Gasteiger partial charge on any atom is -0.493 e. The van der Waals surface area contributed by atoms with Crippen molar-refractivity contribution in [2.24, 2.45) is 0 Å². The van der Waals surface area contributed by atoms with Crippen LogP contribution in [0, 0.1) is 6.92 Å². The van der Waals surface area contributed by atoms with Crippen LogP contribution in [0.15, 0.2) is 72.8 Å². The lowest BCUT2D eigenvalue weighted by Crippen LogP contribution is -2.41. The summed E-state index contributed by atoms with van der Waals surface area (Å²) >= 11 is 0. The summed E-state index contributed by atoms with van der Waals surface area (Å²) in [6.45, 7) is 4.50. The summed E-state index contributed by atoms with van der Waals surface area (Å²) in [5, 5.41) is 2.81. The third-order valence-electron chi connectivity index (χ3n) is 5.22. The van der Waals surface area contributed by atoms with E-state index in [1.165, 1.54) is 0 Å². The fourth-order valence-corrected chi connectivity index (χ4v) is 3.30. The van der Waals surface area contributed by atoms with Gasteiger partial charge in [-0.1, -0.05) is 50.1 Å². The van der Waals surface area contributed by atoms with Crippen molar-refractivity contribution in [2.75, 3.05) is 11.9 Å². The molecule has 3 N–H and O–H groups in total. The number of hydrazine groups is 1. The van der Waals surface area contributed by atoms with Gasteiger partial charge >= 0.3 is 0 Å². The lowest BCUT2D eigenvalue weighted by Gasteiger charge is -2.12. The molecular formula is C27H29N3O4. The molecule has 0 bridgehead atoms. The summed E-state index contributed by atoms with van der Waals surface area (Å²) in [6, 6.07) is 20.6. The van der Waals surface area contributed by atoms with E-state index >= 15 is 0 Å². The lowest BCUT2D eigenvalue weighted by molar-refractivity contribution is 0.0844. The molecule has 34 heavy (non-hydrogen) atoms. The second-order valence-corrected chi connectivity index (χ2v) is 7.81. The van der Waals surface area contributed by atoms with Gasteiger partial charge in [-0.25, -0.2) is 0 Å². The Bertz CT molecular complexity index is 1140. The van der Waals surface area contributed by atoms with E-state index < -0.39 is 11.8 Å². The standard InChI is InChI=1S/C27H29N3O4/c1-3-4-9-18-34-24-13-8-7-12-23(24)27(33)30-29-25(31)20-14-16-21(17-15-20)28-26(32)22-11-6-5-10-19(22)2/h5-8,10-17H,3-4,9,18H2,1-2H3,(H,28,32)(H,29,31)(H,30,33). The zero-order valence-corrected chi connectivity index (χ0v) is 19.4. The number of rotatable bonds is 9. The van der Waals surface area contributed by atoms with Gasteiger partial charge in [0.25, 0.3) is 17.7 Å². The van der Waals surface area contributed by atoms with Crippen LogP contribution < -0.4 is 20.9 Å². The number of amides is 3. The van der Waals surface area contributed by atoms with E-state index in [9.17, 15) is 14.4 Å². The van der Waals surface area contributed by atoms with E-state index in [2.05, 4.69) is 23.1 Å². The van der Waals surface area contributed by atoms with Crippen molar-refractivity contribution in [1.29, 1.82) is 0 Å². The molecule has 0 spiro atoms. The SMILES string of the molecule is CCCCCOc1ccccc1C(=O)NNC(=O)c1ccc(NC(=O)c2ccccc2C)cc1. The lowest BCUT2D eigenvalue weighted by atomic mass is 10.1. The molecule has 3 rings (SSSR count). The van der Waals surface area contributed by atoms with Crippen LogP contribution in [-0.4, -0.2) is 24.3 Å². The average molecular weight is 460 g/mol. The molecule has 0 aromatic heterocycles. The number of hydrogen-bond donors (Lipinski definition) is 3. The Morgan fingerprint density at radius 3 is 2.09 bits per heavy atom. The van der Waals surface area contributed by atoms with Gasteiger partial charge in [-0.15, -0.1) is 0 Å². The van der Waals surface area contributed by atoms with Crippen LogP contribution in [0.2, 0.25) is 0 Å². The van der Waals surface area contributed by atoms with Crippen LogP contribution in [0.5, 0.6) is 5.75 Å². The molecule has 3 aromatic carbocycles. The fourth-order valence-electron chi connectivity index (χ4n) is 3.30. The Morgan fingerprint density at radius 1 is 0.735 bits per heavy atom. The third kappa shape index (κ3) is 6.68. The Morgan fingerprint density at radius 2 is 1.38 bits per heavy atom. The van der Waals surface area contributed by atoms with Crippen molar-refractivity contribution in [3.63, 3.8) is 0 Å². The molecular weight excluding hydrogens is 430 g/mol. The van der Waals surface area contributed by atoms with Crippen molar-refractivity contribution in [2.45, 2.75) is 33.1 Å². The minimum atomic E-state index is -0.480. The predicted molar refractivity (Wildman–Crippen MR) is 132 cm³/mol. The topological polar surface area (TPSA) is 96.5 Å². The summed E-state index contributed by atoms with van der Waals surface area (Å²) in [5.41, 5.74) is 7.53. The first kappa shape index (κ1) is 24.5. The highest BCUT2D eigenvalue weighted by atomic mass is 16.5. The summed E-state index contributed by atoms with van der Waals surface area (Å²) in [6.07, 6.45) is 3.04. The molecule has 0 heterocycles. The Hall–Kier alpha value is -4.13. The number of para-hydroxylation sites is 1. The van der Waals surface area contributed by atoms with Crippen molar-refractivity contribution >= 4 is 23.4 Å². The summed E-state index contributed by atoms with van der Waals surface area (Å²) in [5.74, 6) is -0.703. The normalized spacial score (nSPS) is 10.3. The van der Waals surface area contributed by atoms with E-state index in [-0.39, 0.29) is 5.91 Å². The number of carbonyl (C=O) groups is 3. The highest BCUT2D eigenvalue weighted by Gasteiger charge is 2.14. The summed E-state index contributed by atoms with van der Waals surface area (Å²) < 4.78 is 5.73. The van der Waals surface area contributed by atoms with Gasteiger partial charge in [-0.3, -0.25) is 25.2 Å². The molecule has 0 saturated heterocycles. The van der Waals surface area contributed by atoms with E-state index in [0.29, 0.717) is 34.7 Å². The van der Waals surface area contributed by atoms with Gasteiger partial charge in [0.15, 0.2) is 0 Å². The molecule has 7 nitrogen and oxygen atoms in total. The zero-order chi connectivity index (χ0) is 24.3. The summed E-state index contributed by atoms with van der Waals surface area (Å²) in [7, 11) is 0. The molecule has 0 aliphatic carbocycles. The van der Waals surface area contributed by atoms with E-state index in [1.807, 2.05) is 19.1 Å². The summed E-state index contributed by atoms with van der Waals surface area (Å²) in [4.78, 5) is 37.5. The molecule has 0 fully saturated rings. The first-order valence-electron chi connectivity index (χ1n) is 11.3. The number of aryl methyl sites for hydroxylation is 1. The first-order chi connectivity index (χ1) is 16.5. The Kier molecular flexibility index (Phi) is 8.80. The van der Waals surface area contributed by atoms with Gasteiger partial charge in [0.05, 0.1) is 12.2 Å². The number of hydrogen-bond acceptors (Lipinski definition) is 4. The molecule has 0 saturated carbocycles. The van der Waals surface area contributed by atoms with Crippen LogP contribution in [0.3, 0.4) is 0 Å². The Labute approximate surface area is 199 Å². The molecule has 0 aliphatic heterocycles. The first-order valence-corrected chi connectivity index (χ1v) is 11.3. The van der Waals surface area contributed by atoms with E-state index in [0.717, 1.165) is 24.8 Å². The second-order valence-electron chi connectivity index (χ2n) is 7.81. The van der Waals surface area contributed by atoms with Crippen molar-refractivity contribution in [3.8, 4) is 5.75 Å². The smallest absolute Gasteiger partial charge is 0.273 e. The van der Waals surface area contributed by atoms with Crippen LogP contribution >= 0.6 is 0 Å². The molecule has 7 heteroatoms. The van der Waals surface area contributed by atoms with Gasteiger partial charge < -0.3 is 10.1 Å². The second kappa shape index (κ2) is 12.2. The number of carbonyl (C=O) groups excluding carboxylic acids is 3. The van der Waals surface area contributed by atoms with Gasteiger partial charge in [0.2, 0.25) is 0 Å². The van der Waals surface area contributed by atoms with Crippen LogP contribution in [0.1, 0.15) is 62.8 Å². The highest BCUT2D eigenvalue weighted by molar-refractivity contribution is 6.05. The Balaban J connectivity index is 1.55. The van der Waals surface area contributed by atoms with Gasteiger partial charge in [0, 0.05) is 16.8 Å². The van der Waals surface area contributed by atoms with Crippen LogP contribution in [0.25, 0.3) is 0 Å². The van der Waals surface area contributed by atoms with Crippen molar-refractivity contribution in [1.82, 2.24) is 10.9 Å². The molecule has 0 radical (unpaired) electrons. The number of unbranched alkanes of at least 4 members (excludes halogenated alkanes) is 2. The third-order valence-corrected chi connectivity index (χ3v) is 5.22. The maximum absolute atomic E-state index is 12.6. The predicted octanol–water partition coefficient (Wildman–Crippen LogP) is 4.89. The molecule has 0 unspecified atom stereocenters. The molecule has 3 aromatic rings. The molecule has 176 valence electrons. The fraction of sp³-hybridized carbons (Fsp3) is 0.222. The number of benzene rings is 3. The number of ether oxygens (including phenoxy) is 1. The number of anilines is 1. The maximum Gasteiger partial charge on any atom is 0.273 e. The van der Waals surface area contributed by atoms with Crippen LogP contribution in [0.4, 0.5) is 5.69 Å². The largest absolute Gasteiger partial charge is 0.493 e. The molecule has 0 aliphatic rings. The average Bonchev–Trinajstić information content (AvgIpc) is 2.86.